The van der Waals surface area contributed by atoms with Crippen LogP contribution in [-0.4, -0.2) is 55.6 Å². The summed E-state index contributed by atoms with van der Waals surface area (Å²) < 4.78 is 0. The molecule has 1 saturated heterocycles. The lowest BCUT2D eigenvalue weighted by molar-refractivity contribution is 0.152. The summed E-state index contributed by atoms with van der Waals surface area (Å²) in [5.74, 6) is 0.799. The van der Waals surface area contributed by atoms with Gasteiger partial charge < -0.3 is 15.1 Å². The van der Waals surface area contributed by atoms with Crippen molar-refractivity contribution < 1.29 is 4.79 Å². The van der Waals surface area contributed by atoms with Crippen molar-refractivity contribution >= 4 is 6.03 Å². The number of piperidine rings is 1. The number of urea groups is 1. The summed E-state index contributed by atoms with van der Waals surface area (Å²) in [6, 6.07) is 0.690. The predicted molar refractivity (Wildman–Crippen MR) is 78.3 cm³/mol. The van der Waals surface area contributed by atoms with Crippen LogP contribution in [-0.2, 0) is 0 Å². The first kappa shape index (κ1) is 14.6. The van der Waals surface area contributed by atoms with Crippen LogP contribution in [0.1, 0.15) is 44.9 Å². The second kappa shape index (κ2) is 7.13. The summed E-state index contributed by atoms with van der Waals surface area (Å²) in [5.41, 5.74) is 0. The van der Waals surface area contributed by atoms with Gasteiger partial charge in [-0.2, -0.15) is 0 Å². The van der Waals surface area contributed by atoms with Gasteiger partial charge in [-0.25, -0.2) is 4.79 Å². The van der Waals surface area contributed by atoms with E-state index in [2.05, 4.69) is 5.32 Å². The quantitative estimate of drug-likeness (QED) is 0.848. The van der Waals surface area contributed by atoms with Crippen molar-refractivity contribution in [3.8, 4) is 0 Å². The molecule has 19 heavy (non-hydrogen) atoms. The van der Waals surface area contributed by atoms with E-state index in [-0.39, 0.29) is 6.03 Å². The summed E-state index contributed by atoms with van der Waals surface area (Å²) in [4.78, 5) is 16.2. The molecule has 1 saturated carbocycles. The molecule has 0 aromatic heterocycles. The molecule has 0 unspecified atom stereocenters. The van der Waals surface area contributed by atoms with E-state index < -0.39 is 0 Å². The number of rotatable bonds is 4. The largest absolute Gasteiger partial charge is 0.328 e. The van der Waals surface area contributed by atoms with E-state index in [9.17, 15) is 4.79 Å². The molecule has 0 radical (unpaired) electrons. The van der Waals surface area contributed by atoms with E-state index in [4.69, 9.17) is 0 Å². The van der Waals surface area contributed by atoms with Crippen LogP contribution in [0.5, 0.6) is 0 Å². The minimum absolute atomic E-state index is 0.209. The van der Waals surface area contributed by atoms with Gasteiger partial charge in [0.25, 0.3) is 0 Å². The van der Waals surface area contributed by atoms with Crippen LogP contribution < -0.4 is 5.32 Å². The van der Waals surface area contributed by atoms with E-state index in [0.717, 1.165) is 32.0 Å². The van der Waals surface area contributed by atoms with E-state index >= 15 is 0 Å². The first-order chi connectivity index (χ1) is 9.18. The normalized spacial score (nSPS) is 21.6. The van der Waals surface area contributed by atoms with Crippen LogP contribution in [0.15, 0.2) is 0 Å². The predicted octanol–water partition coefficient (Wildman–Crippen LogP) is 2.30. The van der Waals surface area contributed by atoms with Gasteiger partial charge in [-0.1, -0.05) is 12.8 Å². The van der Waals surface area contributed by atoms with Gasteiger partial charge in [0, 0.05) is 26.7 Å². The third kappa shape index (κ3) is 4.10. The molecule has 1 aliphatic carbocycles. The molecule has 1 heterocycles. The third-order valence-corrected chi connectivity index (χ3v) is 4.83. The lowest BCUT2D eigenvalue weighted by Gasteiger charge is -2.31. The van der Waals surface area contributed by atoms with E-state index in [1.807, 2.05) is 23.9 Å². The van der Waals surface area contributed by atoms with Gasteiger partial charge in [0.15, 0.2) is 0 Å². The number of nitrogens with one attached hydrogen (secondary N) is 1. The molecule has 110 valence electrons. The van der Waals surface area contributed by atoms with Gasteiger partial charge in [0.2, 0.25) is 0 Å². The zero-order valence-electron chi connectivity index (χ0n) is 12.5. The molecule has 0 aromatic carbocycles. The number of hydrogen-bond donors (Lipinski definition) is 1. The SMILES string of the molecule is CN(CCC1CCNCC1)C(=O)N(C)C1CCCC1. The zero-order valence-corrected chi connectivity index (χ0v) is 12.5. The van der Waals surface area contributed by atoms with Crippen LogP contribution in [0.3, 0.4) is 0 Å². The second-order valence-electron chi connectivity index (χ2n) is 6.24. The molecule has 1 N–H and O–H groups in total. The number of hydrogen-bond acceptors (Lipinski definition) is 2. The molecular weight excluding hydrogens is 238 g/mol. The summed E-state index contributed by atoms with van der Waals surface area (Å²) >= 11 is 0. The molecular formula is C15H29N3O. The third-order valence-electron chi connectivity index (χ3n) is 4.83. The number of carbonyl (C=O) groups is 1. The Labute approximate surface area is 117 Å². The Morgan fingerprint density at radius 1 is 1.11 bits per heavy atom. The van der Waals surface area contributed by atoms with Gasteiger partial charge in [-0.3, -0.25) is 0 Å². The maximum atomic E-state index is 12.3. The van der Waals surface area contributed by atoms with Crippen molar-refractivity contribution in [1.29, 1.82) is 0 Å². The first-order valence-corrected chi connectivity index (χ1v) is 7.87. The molecule has 1 aliphatic heterocycles. The van der Waals surface area contributed by atoms with Crippen molar-refractivity contribution in [2.75, 3.05) is 33.7 Å². The van der Waals surface area contributed by atoms with Crippen LogP contribution in [0.25, 0.3) is 0 Å². The Kier molecular flexibility index (Phi) is 5.49. The van der Waals surface area contributed by atoms with Crippen LogP contribution in [0.4, 0.5) is 4.79 Å². The highest BCUT2D eigenvalue weighted by atomic mass is 16.2. The lowest BCUT2D eigenvalue weighted by Crippen LogP contribution is -2.44. The van der Waals surface area contributed by atoms with Crippen molar-refractivity contribution in [2.45, 2.75) is 51.0 Å². The van der Waals surface area contributed by atoms with Crippen LogP contribution in [0.2, 0.25) is 0 Å². The molecule has 0 spiro atoms. The highest BCUT2D eigenvalue weighted by Crippen LogP contribution is 2.23. The van der Waals surface area contributed by atoms with Gasteiger partial charge in [-0.05, 0) is 51.1 Å². The smallest absolute Gasteiger partial charge is 0.319 e. The maximum Gasteiger partial charge on any atom is 0.319 e. The molecule has 2 amide bonds. The maximum absolute atomic E-state index is 12.3. The molecule has 0 atom stereocenters. The van der Waals surface area contributed by atoms with E-state index in [0.29, 0.717) is 6.04 Å². The lowest BCUT2D eigenvalue weighted by atomic mass is 9.94. The average Bonchev–Trinajstić information content (AvgIpc) is 2.98. The van der Waals surface area contributed by atoms with Gasteiger partial charge in [0.05, 0.1) is 0 Å². The zero-order chi connectivity index (χ0) is 13.7. The molecule has 2 aliphatic rings. The molecule has 4 nitrogen and oxygen atoms in total. The summed E-state index contributed by atoms with van der Waals surface area (Å²) in [5, 5.41) is 3.39. The fourth-order valence-corrected chi connectivity index (χ4v) is 3.36. The van der Waals surface area contributed by atoms with Crippen molar-refractivity contribution in [1.82, 2.24) is 15.1 Å². The molecule has 0 aromatic rings. The summed E-state index contributed by atoms with van der Waals surface area (Å²) in [6.07, 6.45) is 8.61. The Morgan fingerprint density at radius 2 is 1.74 bits per heavy atom. The molecule has 2 fully saturated rings. The fraction of sp³-hybridized carbons (Fsp3) is 0.933. The van der Waals surface area contributed by atoms with E-state index in [1.165, 1.54) is 38.5 Å². The highest BCUT2D eigenvalue weighted by Gasteiger charge is 2.25. The number of nitrogens with zero attached hydrogens (tertiary/aromatic N) is 2. The van der Waals surface area contributed by atoms with Crippen molar-refractivity contribution in [2.24, 2.45) is 5.92 Å². The standard InChI is InChI=1S/C15H29N3O/c1-17(12-9-13-7-10-16-11-8-13)15(19)18(2)14-5-3-4-6-14/h13-14,16H,3-12H2,1-2H3. The number of amides is 2. The first-order valence-electron chi connectivity index (χ1n) is 7.87. The second-order valence-corrected chi connectivity index (χ2v) is 6.24. The summed E-state index contributed by atoms with van der Waals surface area (Å²) in [6.45, 7) is 3.19. The fourth-order valence-electron chi connectivity index (χ4n) is 3.36. The minimum atomic E-state index is 0.209. The molecule has 2 rings (SSSR count). The van der Waals surface area contributed by atoms with Gasteiger partial charge in [0.1, 0.15) is 0 Å². The topological polar surface area (TPSA) is 35.6 Å². The van der Waals surface area contributed by atoms with Gasteiger partial charge in [-0.15, -0.1) is 0 Å². The molecule has 4 heteroatoms. The van der Waals surface area contributed by atoms with Gasteiger partial charge >= 0.3 is 6.03 Å². The summed E-state index contributed by atoms with van der Waals surface area (Å²) in [7, 11) is 3.92. The Bertz CT molecular complexity index is 283. The van der Waals surface area contributed by atoms with Crippen molar-refractivity contribution in [3.63, 3.8) is 0 Å². The minimum Gasteiger partial charge on any atom is -0.328 e. The Hall–Kier alpha value is -0.770. The van der Waals surface area contributed by atoms with Crippen LogP contribution in [0, 0.1) is 5.92 Å². The highest BCUT2D eigenvalue weighted by molar-refractivity contribution is 5.74. The Balaban J connectivity index is 1.71. The Morgan fingerprint density at radius 3 is 2.37 bits per heavy atom. The van der Waals surface area contributed by atoms with Crippen LogP contribution >= 0.6 is 0 Å². The number of carbonyl (C=O) groups excluding carboxylic acids is 1. The van der Waals surface area contributed by atoms with Crippen molar-refractivity contribution in [3.05, 3.63) is 0 Å². The monoisotopic (exact) mass is 267 g/mol. The molecule has 0 bridgehead atoms. The average molecular weight is 267 g/mol. The van der Waals surface area contributed by atoms with E-state index in [1.54, 1.807) is 0 Å².